The van der Waals surface area contributed by atoms with Gasteiger partial charge in [0.05, 0.1) is 22.7 Å². The van der Waals surface area contributed by atoms with Crippen molar-refractivity contribution >= 4 is 23.2 Å². The van der Waals surface area contributed by atoms with Crippen LogP contribution in [0.4, 0.5) is 11.4 Å². The van der Waals surface area contributed by atoms with Crippen LogP contribution in [0, 0.1) is 16.0 Å². The number of anilines is 1. The molecule has 9 nitrogen and oxygen atoms in total. The highest BCUT2D eigenvalue weighted by Gasteiger charge is 2.29. The van der Waals surface area contributed by atoms with E-state index in [4.69, 9.17) is 0 Å². The highest BCUT2D eigenvalue weighted by atomic mass is 16.6. The first-order valence-electron chi connectivity index (χ1n) is 12.0. The maximum Gasteiger partial charge on any atom is 0.269 e. The van der Waals surface area contributed by atoms with Crippen molar-refractivity contribution < 1.29 is 14.5 Å². The highest BCUT2D eigenvalue weighted by molar-refractivity contribution is 5.94. The smallest absolute Gasteiger partial charge is 0.269 e. The molecule has 0 unspecified atom stereocenters. The van der Waals surface area contributed by atoms with Gasteiger partial charge in [-0.05, 0) is 54.8 Å². The monoisotopic (exact) mass is 495 g/mol. The van der Waals surface area contributed by atoms with Gasteiger partial charge in [-0.25, -0.2) is 4.68 Å². The van der Waals surface area contributed by atoms with E-state index in [2.05, 4.69) is 15.7 Å². The van der Waals surface area contributed by atoms with Crippen molar-refractivity contribution in [3.8, 4) is 16.9 Å². The fourth-order valence-electron chi connectivity index (χ4n) is 3.97. The Labute approximate surface area is 213 Å². The minimum atomic E-state index is -0.450. The number of nitrogens with zero attached hydrogens (tertiary/aromatic N) is 3. The van der Waals surface area contributed by atoms with Gasteiger partial charge >= 0.3 is 0 Å². The van der Waals surface area contributed by atoms with Crippen LogP contribution in [0.1, 0.15) is 24.0 Å². The molecule has 0 spiro atoms. The van der Waals surface area contributed by atoms with Crippen LogP contribution in [0.15, 0.2) is 85.1 Å². The first-order chi connectivity index (χ1) is 18.0. The number of nitro benzene ring substituents is 1. The van der Waals surface area contributed by atoms with Crippen LogP contribution < -0.4 is 10.6 Å². The fraction of sp³-hybridized carbons (Fsp3) is 0.179. The van der Waals surface area contributed by atoms with Crippen molar-refractivity contribution in [2.45, 2.75) is 25.8 Å². The van der Waals surface area contributed by atoms with Crippen LogP contribution >= 0.6 is 0 Å². The van der Waals surface area contributed by atoms with Gasteiger partial charge < -0.3 is 10.6 Å². The highest BCUT2D eigenvalue weighted by Crippen LogP contribution is 2.30. The van der Waals surface area contributed by atoms with E-state index in [1.165, 1.54) is 12.1 Å². The number of benzene rings is 3. The van der Waals surface area contributed by atoms with Crippen molar-refractivity contribution in [3.63, 3.8) is 0 Å². The average molecular weight is 496 g/mol. The summed E-state index contributed by atoms with van der Waals surface area (Å²) in [5.41, 5.74) is 4.46. The predicted molar refractivity (Wildman–Crippen MR) is 139 cm³/mol. The molecule has 0 aliphatic heterocycles. The number of amides is 2. The largest absolute Gasteiger partial charge is 0.352 e. The van der Waals surface area contributed by atoms with E-state index >= 15 is 0 Å². The van der Waals surface area contributed by atoms with E-state index in [-0.39, 0.29) is 29.8 Å². The van der Waals surface area contributed by atoms with Crippen molar-refractivity contribution in [3.05, 3.63) is 106 Å². The Balaban J connectivity index is 1.28. The van der Waals surface area contributed by atoms with E-state index in [0.717, 1.165) is 29.8 Å². The van der Waals surface area contributed by atoms with Gasteiger partial charge in [-0.15, -0.1) is 0 Å². The van der Waals surface area contributed by atoms with Crippen LogP contribution in [0.25, 0.3) is 16.9 Å². The molecule has 0 atom stereocenters. The van der Waals surface area contributed by atoms with Crippen molar-refractivity contribution in [1.82, 2.24) is 15.1 Å². The Hall–Kier alpha value is -4.79. The number of carbonyl (C=O) groups is 2. The van der Waals surface area contributed by atoms with Gasteiger partial charge in [-0.3, -0.25) is 19.7 Å². The summed E-state index contributed by atoms with van der Waals surface area (Å²) in [6, 6.07) is 23.1. The summed E-state index contributed by atoms with van der Waals surface area (Å²) in [7, 11) is 0. The summed E-state index contributed by atoms with van der Waals surface area (Å²) in [5, 5.41) is 21.6. The number of non-ortho nitro benzene ring substituents is 1. The number of nitro groups is 1. The molecule has 5 rings (SSSR count). The lowest BCUT2D eigenvalue weighted by atomic mass is 10.1. The molecular weight excluding hydrogens is 470 g/mol. The van der Waals surface area contributed by atoms with Crippen molar-refractivity contribution in [2.24, 2.45) is 5.92 Å². The summed E-state index contributed by atoms with van der Waals surface area (Å²) in [4.78, 5) is 35.4. The van der Waals surface area contributed by atoms with Gasteiger partial charge in [0, 0.05) is 47.6 Å². The summed E-state index contributed by atoms with van der Waals surface area (Å²) in [5.74, 6) is 0.0175. The minimum Gasteiger partial charge on any atom is -0.352 e. The zero-order valence-electron chi connectivity index (χ0n) is 20.0. The molecule has 186 valence electrons. The van der Waals surface area contributed by atoms with Gasteiger partial charge in [-0.1, -0.05) is 30.3 Å². The first kappa shape index (κ1) is 23.9. The number of rotatable bonds is 9. The normalized spacial score (nSPS) is 12.6. The second kappa shape index (κ2) is 10.4. The van der Waals surface area contributed by atoms with Crippen molar-refractivity contribution in [2.75, 3.05) is 5.32 Å². The lowest BCUT2D eigenvalue weighted by Crippen LogP contribution is -2.24. The number of para-hydroxylation sites is 1. The molecule has 0 radical (unpaired) electrons. The lowest BCUT2D eigenvalue weighted by Gasteiger charge is -2.08. The Morgan fingerprint density at radius 3 is 2.32 bits per heavy atom. The van der Waals surface area contributed by atoms with Gasteiger partial charge in [-0.2, -0.15) is 5.10 Å². The zero-order chi connectivity index (χ0) is 25.8. The maximum atomic E-state index is 12.9. The van der Waals surface area contributed by atoms with E-state index < -0.39 is 4.92 Å². The van der Waals surface area contributed by atoms with Gasteiger partial charge in [0.2, 0.25) is 11.8 Å². The number of aromatic nitrogens is 2. The first-order valence-corrected chi connectivity index (χ1v) is 12.0. The topological polar surface area (TPSA) is 119 Å². The van der Waals surface area contributed by atoms with Crippen LogP contribution in [0.2, 0.25) is 0 Å². The van der Waals surface area contributed by atoms with Crippen LogP contribution in [-0.4, -0.2) is 26.5 Å². The van der Waals surface area contributed by atoms with Gasteiger partial charge in [0.1, 0.15) is 0 Å². The molecule has 1 aliphatic rings. The molecule has 0 bridgehead atoms. The number of hydrogen-bond acceptors (Lipinski definition) is 5. The third kappa shape index (κ3) is 5.90. The molecule has 9 heteroatoms. The summed E-state index contributed by atoms with van der Waals surface area (Å²) < 4.78 is 1.70. The predicted octanol–water partition coefficient (Wildman–Crippen LogP) is 4.65. The molecule has 1 saturated carbocycles. The minimum absolute atomic E-state index is 0.0105. The molecule has 2 amide bonds. The standard InChI is InChI=1S/C28H25N5O4/c34-26(29-17-19-6-12-23(13-7-19)30-28(35)21-8-9-21)16-22-18-32(24-4-2-1-3-5-24)31-27(22)20-10-14-25(15-11-20)33(36)37/h1-7,10-15,18,21H,8-9,16-17H2,(H,29,34)(H,30,35). The zero-order valence-corrected chi connectivity index (χ0v) is 20.0. The molecule has 2 N–H and O–H groups in total. The Kier molecular flexibility index (Phi) is 6.76. The number of nitrogens with one attached hydrogen (secondary N) is 2. The quantitative estimate of drug-likeness (QED) is 0.259. The van der Waals surface area contributed by atoms with Gasteiger partial charge in [0.15, 0.2) is 0 Å². The fourth-order valence-corrected chi connectivity index (χ4v) is 3.97. The Morgan fingerprint density at radius 2 is 1.68 bits per heavy atom. The molecule has 37 heavy (non-hydrogen) atoms. The summed E-state index contributed by atoms with van der Waals surface area (Å²) in [6.45, 7) is 0.343. The van der Waals surface area contributed by atoms with Crippen LogP contribution in [0.5, 0.6) is 0 Å². The molecule has 1 aromatic heterocycles. The SMILES string of the molecule is O=C(Cc1cn(-c2ccccc2)nc1-c1ccc([N+](=O)[O-])cc1)NCc1ccc(NC(=O)C2CC2)cc1. The molecule has 3 aromatic carbocycles. The van der Waals surface area contributed by atoms with E-state index in [9.17, 15) is 19.7 Å². The molecule has 1 aliphatic carbocycles. The maximum absolute atomic E-state index is 12.9. The van der Waals surface area contributed by atoms with Crippen LogP contribution in [0.3, 0.4) is 0 Å². The summed E-state index contributed by atoms with van der Waals surface area (Å²) >= 11 is 0. The molecule has 1 fully saturated rings. The second-order valence-corrected chi connectivity index (χ2v) is 9.00. The van der Waals surface area contributed by atoms with E-state index in [1.54, 1.807) is 16.8 Å². The molecule has 1 heterocycles. The summed E-state index contributed by atoms with van der Waals surface area (Å²) in [6.07, 6.45) is 3.80. The average Bonchev–Trinajstić information content (AvgIpc) is 3.69. The van der Waals surface area contributed by atoms with E-state index in [0.29, 0.717) is 23.4 Å². The van der Waals surface area contributed by atoms with E-state index in [1.807, 2.05) is 60.8 Å². The Bertz CT molecular complexity index is 1430. The number of hydrogen-bond donors (Lipinski definition) is 2. The Morgan fingerprint density at radius 1 is 0.973 bits per heavy atom. The third-order valence-electron chi connectivity index (χ3n) is 6.17. The lowest BCUT2D eigenvalue weighted by molar-refractivity contribution is -0.384. The van der Waals surface area contributed by atoms with Crippen molar-refractivity contribution in [1.29, 1.82) is 0 Å². The van der Waals surface area contributed by atoms with Gasteiger partial charge in [0.25, 0.3) is 5.69 Å². The molecular formula is C28H25N5O4. The molecule has 0 saturated heterocycles. The third-order valence-corrected chi connectivity index (χ3v) is 6.17. The molecule has 4 aromatic rings. The number of carbonyl (C=O) groups excluding carboxylic acids is 2. The van der Waals surface area contributed by atoms with Crippen LogP contribution in [-0.2, 0) is 22.6 Å². The second-order valence-electron chi connectivity index (χ2n) is 9.00.